The molecule has 2 amide bonds. The molecule has 11 nitrogen and oxygen atoms in total. The molecular formula is C20H14F4N6O5S. The van der Waals surface area contributed by atoms with Gasteiger partial charge in [-0.25, -0.2) is 22.5 Å². The Kier molecular flexibility index (Phi) is 6.45. The molecule has 36 heavy (non-hydrogen) atoms. The number of alkyl halides is 4. The molecule has 16 heteroatoms. The highest BCUT2D eigenvalue weighted by atomic mass is 32.1. The smallest absolute Gasteiger partial charge is 0.319 e. The molecule has 188 valence electrons. The second kappa shape index (κ2) is 9.37. The van der Waals surface area contributed by atoms with Crippen molar-refractivity contribution in [1.82, 2.24) is 14.8 Å². The number of primary amides is 1. The summed E-state index contributed by atoms with van der Waals surface area (Å²) < 4.78 is 59.4. The van der Waals surface area contributed by atoms with Gasteiger partial charge in [-0.3, -0.25) is 24.4 Å². The van der Waals surface area contributed by atoms with Gasteiger partial charge in [-0.15, -0.1) is 11.3 Å². The summed E-state index contributed by atoms with van der Waals surface area (Å²) in [6.45, 7) is 0.400. The predicted molar refractivity (Wildman–Crippen MR) is 118 cm³/mol. The summed E-state index contributed by atoms with van der Waals surface area (Å²) >= 11 is 0.655. The van der Waals surface area contributed by atoms with E-state index >= 15 is 0 Å². The van der Waals surface area contributed by atoms with Gasteiger partial charge in [-0.2, -0.15) is 5.10 Å². The van der Waals surface area contributed by atoms with Crippen molar-refractivity contribution in [3.05, 3.63) is 56.5 Å². The van der Waals surface area contributed by atoms with Crippen molar-refractivity contribution in [3.8, 4) is 11.3 Å². The van der Waals surface area contributed by atoms with E-state index in [2.05, 4.69) is 15.4 Å². The standard InChI is InChI=1S/C20H14F4N6O5S/c1-7-15(30(33)34)14(18(23)24)28-29(7)6-11(31)27-13-12-8(10-3-2-4-35-10)5-9(17(21)22)26-20(12)36-16(13)19(25)32/h2-5,17-18H,6H2,1H3,(H2,25,32)(H,27,31). The van der Waals surface area contributed by atoms with Gasteiger partial charge in [0.1, 0.15) is 33.4 Å². The minimum Gasteiger partial charge on any atom is -0.464 e. The van der Waals surface area contributed by atoms with Crippen molar-refractivity contribution in [2.24, 2.45) is 5.73 Å². The number of pyridine rings is 1. The molecule has 0 unspecified atom stereocenters. The second-order valence-corrected chi connectivity index (χ2v) is 8.31. The van der Waals surface area contributed by atoms with Gasteiger partial charge in [0.15, 0.2) is 0 Å². The summed E-state index contributed by atoms with van der Waals surface area (Å²) in [5.74, 6) is -1.78. The number of hydrogen-bond acceptors (Lipinski definition) is 8. The minimum absolute atomic E-state index is 0.0470. The Hall–Kier alpha value is -4.34. The molecule has 3 N–H and O–H groups in total. The second-order valence-electron chi connectivity index (χ2n) is 7.31. The van der Waals surface area contributed by atoms with E-state index in [0.29, 0.717) is 16.0 Å². The lowest BCUT2D eigenvalue weighted by molar-refractivity contribution is -0.386. The highest BCUT2D eigenvalue weighted by Gasteiger charge is 2.32. The van der Waals surface area contributed by atoms with Gasteiger partial charge in [0.2, 0.25) is 11.6 Å². The maximum Gasteiger partial charge on any atom is 0.319 e. The van der Waals surface area contributed by atoms with Crippen LogP contribution in [0.15, 0.2) is 28.9 Å². The molecule has 0 aliphatic carbocycles. The predicted octanol–water partition coefficient (Wildman–Crippen LogP) is 4.58. The van der Waals surface area contributed by atoms with Gasteiger partial charge in [-0.05, 0) is 25.1 Å². The minimum atomic E-state index is -3.26. The van der Waals surface area contributed by atoms with Crippen LogP contribution in [0, 0.1) is 17.0 Å². The van der Waals surface area contributed by atoms with Crippen molar-refractivity contribution in [2.75, 3.05) is 5.32 Å². The van der Waals surface area contributed by atoms with Crippen LogP contribution < -0.4 is 11.1 Å². The number of anilines is 1. The number of nitrogens with two attached hydrogens (primary N) is 1. The first-order valence-electron chi connectivity index (χ1n) is 9.88. The molecule has 0 saturated carbocycles. The number of rotatable bonds is 8. The Morgan fingerprint density at radius 3 is 2.56 bits per heavy atom. The highest BCUT2D eigenvalue weighted by molar-refractivity contribution is 7.21. The summed E-state index contributed by atoms with van der Waals surface area (Å²) in [7, 11) is 0. The third kappa shape index (κ3) is 4.37. The normalized spacial score (nSPS) is 11.5. The molecule has 0 aliphatic heterocycles. The first-order valence-corrected chi connectivity index (χ1v) is 10.7. The number of nitro groups is 1. The number of nitrogens with zero attached hydrogens (tertiary/aromatic N) is 4. The molecule has 4 rings (SSSR count). The van der Waals surface area contributed by atoms with E-state index < -0.39 is 53.2 Å². The Labute approximate surface area is 201 Å². The number of hydrogen-bond donors (Lipinski definition) is 2. The molecule has 4 aromatic heterocycles. The van der Waals surface area contributed by atoms with E-state index in [9.17, 15) is 37.3 Å². The molecule has 4 aromatic rings. The highest BCUT2D eigenvalue weighted by Crippen LogP contribution is 2.42. The van der Waals surface area contributed by atoms with Crippen LogP contribution in [0.5, 0.6) is 0 Å². The van der Waals surface area contributed by atoms with Crippen molar-refractivity contribution in [3.63, 3.8) is 0 Å². The lowest BCUT2D eigenvalue weighted by atomic mass is 10.1. The van der Waals surface area contributed by atoms with Gasteiger partial charge in [0, 0.05) is 10.9 Å². The van der Waals surface area contributed by atoms with Crippen LogP contribution in [-0.2, 0) is 11.3 Å². The lowest BCUT2D eigenvalue weighted by Crippen LogP contribution is -2.22. The first kappa shape index (κ1) is 24.8. The van der Waals surface area contributed by atoms with Gasteiger partial charge < -0.3 is 15.5 Å². The zero-order chi connectivity index (χ0) is 26.3. The topological polar surface area (TPSA) is 159 Å². The van der Waals surface area contributed by atoms with E-state index in [1.54, 1.807) is 0 Å². The fraction of sp³-hybridized carbons (Fsp3) is 0.200. The summed E-state index contributed by atoms with van der Waals surface area (Å²) in [5, 5.41) is 17.2. The molecule has 0 aliphatic rings. The molecule has 0 aromatic carbocycles. The number of fused-ring (bicyclic) bond motifs is 1. The van der Waals surface area contributed by atoms with E-state index in [1.165, 1.54) is 18.4 Å². The fourth-order valence-corrected chi connectivity index (χ4v) is 4.56. The number of aromatic nitrogens is 3. The van der Waals surface area contributed by atoms with Crippen LogP contribution in [0.3, 0.4) is 0 Å². The summed E-state index contributed by atoms with van der Waals surface area (Å²) in [4.78, 5) is 38.7. The van der Waals surface area contributed by atoms with Crippen LogP contribution in [0.2, 0.25) is 0 Å². The van der Waals surface area contributed by atoms with Crippen molar-refractivity contribution >= 4 is 44.7 Å². The Balaban J connectivity index is 1.80. The van der Waals surface area contributed by atoms with Crippen LogP contribution in [0.4, 0.5) is 28.9 Å². The summed E-state index contributed by atoms with van der Waals surface area (Å²) in [6, 6.07) is 4.00. The van der Waals surface area contributed by atoms with Gasteiger partial charge in [0.25, 0.3) is 18.8 Å². The summed E-state index contributed by atoms with van der Waals surface area (Å²) in [6.07, 6.45) is -4.93. The molecule has 0 atom stereocenters. The zero-order valence-electron chi connectivity index (χ0n) is 18.0. The van der Waals surface area contributed by atoms with E-state index in [-0.39, 0.29) is 37.8 Å². The number of carbonyl (C=O) groups excluding carboxylic acids is 2. The Morgan fingerprint density at radius 2 is 2.03 bits per heavy atom. The van der Waals surface area contributed by atoms with Crippen molar-refractivity contribution < 1.29 is 36.5 Å². The van der Waals surface area contributed by atoms with E-state index in [4.69, 9.17) is 10.2 Å². The molecular weight excluding hydrogens is 512 g/mol. The number of halogens is 4. The molecule has 0 fully saturated rings. The van der Waals surface area contributed by atoms with Crippen molar-refractivity contribution in [2.45, 2.75) is 26.3 Å². The molecule has 4 heterocycles. The first-order chi connectivity index (χ1) is 17.0. The number of amides is 2. The average Bonchev–Trinajstić information content (AvgIpc) is 3.52. The van der Waals surface area contributed by atoms with Gasteiger partial charge in [0.05, 0.1) is 16.9 Å². The largest absolute Gasteiger partial charge is 0.464 e. The van der Waals surface area contributed by atoms with E-state index in [0.717, 1.165) is 13.0 Å². The molecule has 0 radical (unpaired) electrons. The van der Waals surface area contributed by atoms with Crippen LogP contribution in [-0.4, -0.2) is 31.5 Å². The number of carbonyl (C=O) groups is 2. The van der Waals surface area contributed by atoms with Crippen LogP contribution in [0.1, 0.15) is 39.6 Å². The molecule has 0 saturated heterocycles. The quantitative estimate of drug-likeness (QED) is 0.193. The third-order valence-electron chi connectivity index (χ3n) is 5.06. The zero-order valence-corrected chi connectivity index (χ0v) is 18.8. The average molecular weight is 526 g/mol. The number of nitrogens with one attached hydrogen (secondary N) is 1. The maximum absolute atomic E-state index is 13.5. The monoisotopic (exact) mass is 526 g/mol. The Bertz CT molecular complexity index is 1500. The van der Waals surface area contributed by atoms with Crippen molar-refractivity contribution in [1.29, 1.82) is 0 Å². The SMILES string of the molecule is Cc1c([N+](=O)[O-])c(C(F)F)nn1CC(=O)Nc1c(C(N)=O)sc2nc(C(F)F)cc(-c3ccco3)c12. The summed E-state index contributed by atoms with van der Waals surface area (Å²) in [5.41, 5.74) is 2.42. The lowest BCUT2D eigenvalue weighted by Gasteiger charge is -2.10. The molecule has 0 bridgehead atoms. The fourth-order valence-electron chi connectivity index (χ4n) is 3.55. The van der Waals surface area contributed by atoms with Gasteiger partial charge >= 0.3 is 5.69 Å². The number of thiophene rings is 1. The Morgan fingerprint density at radius 1 is 1.31 bits per heavy atom. The number of furan rings is 1. The van der Waals surface area contributed by atoms with Gasteiger partial charge in [-0.1, -0.05) is 0 Å². The van der Waals surface area contributed by atoms with Crippen LogP contribution in [0.25, 0.3) is 21.5 Å². The van der Waals surface area contributed by atoms with E-state index in [1.807, 2.05) is 0 Å². The van der Waals surface area contributed by atoms with Crippen LogP contribution >= 0.6 is 11.3 Å². The molecule has 0 spiro atoms. The third-order valence-corrected chi connectivity index (χ3v) is 6.16. The maximum atomic E-state index is 13.5.